The molecule has 7 nitrogen and oxygen atoms in total. The van der Waals surface area contributed by atoms with E-state index in [-0.39, 0.29) is 23.8 Å². The van der Waals surface area contributed by atoms with E-state index in [4.69, 9.17) is 30.5 Å². The maximum Gasteiger partial charge on any atom is 0.183 e. The second kappa shape index (κ2) is 12.1. The number of alkyl halides is 1. The molecule has 1 aliphatic rings. The molecule has 1 unspecified atom stereocenters. The van der Waals surface area contributed by atoms with Gasteiger partial charge in [0.15, 0.2) is 12.0 Å². The minimum atomic E-state index is -1.04. The standard InChI is InChI=1S/C21H30ClFN2O5/c1-21(2,3)25-20(26)19(22)18(14-24-25)30-15-16-4-6-17(7-5-16)29-13-12-28-11-10-27-9-8-23/h4-7,14,20,26H,8-13,15H2,1-3H3/i23-1. The molecular formula is C21H30ClFN2O5. The van der Waals surface area contributed by atoms with Crippen molar-refractivity contribution in [1.29, 1.82) is 0 Å². The van der Waals surface area contributed by atoms with Crippen LogP contribution in [0.5, 0.6) is 5.75 Å². The molecule has 0 saturated carbocycles. The summed E-state index contributed by atoms with van der Waals surface area (Å²) in [5, 5.41) is 16.3. The molecule has 0 fully saturated rings. The molecule has 1 heterocycles. The first-order valence-electron chi connectivity index (χ1n) is 9.80. The SMILES string of the molecule is CC(C)(C)N1N=CC(OCc2ccc(OCCOCCOCC[18F])cc2)=C(Cl)C1O. The summed E-state index contributed by atoms with van der Waals surface area (Å²) in [5.74, 6) is 1.06. The largest absolute Gasteiger partial charge is 0.491 e. The quantitative estimate of drug-likeness (QED) is 0.499. The van der Waals surface area contributed by atoms with E-state index in [0.717, 1.165) is 5.56 Å². The van der Waals surface area contributed by atoms with Crippen molar-refractivity contribution in [1.82, 2.24) is 5.01 Å². The summed E-state index contributed by atoms with van der Waals surface area (Å²) in [6.45, 7) is 7.29. The summed E-state index contributed by atoms with van der Waals surface area (Å²) in [7, 11) is 0. The monoisotopic (exact) mass is 443 g/mol. The molecule has 1 aromatic carbocycles. The van der Waals surface area contributed by atoms with Gasteiger partial charge in [-0.05, 0) is 38.5 Å². The third kappa shape index (κ3) is 7.75. The lowest BCUT2D eigenvalue weighted by Crippen LogP contribution is -2.46. The number of aliphatic hydroxyl groups is 1. The summed E-state index contributed by atoms with van der Waals surface area (Å²) in [6.07, 6.45) is 0.473. The smallest absolute Gasteiger partial charge is 0.183 e. The van der Waals surface area contributed by atoms with E-state index in [1.54, 1.807) is 0 Å². The van der Waals surface area contributed by atoms with Gasteiger partial charge >= 0.3 is 0 Å². The predicted molar refractivity (Wildman–Crippen MR) is 113 cm³/mol. The van der Waals surface area contributed by atoms with Gasteiger partial charge < -0.3 is 24.1 Å². The van der Waals surface area contributed by atoms with Crippen LogP contribution in [0.1, 0.15) is 26.3 Å². The molecule has 1 atom stereocenters. The van der Waals surface area contributed by atoms with Crippen LogP contribution in [0.4, 0.5) is 4.39 Å². The number of hydrogen-bond acceptors (Lipinski definition) is 7. The molecule has 2 rings (SSSR count). The van der Waals surface area contributed by atoms with Gasteiger partial charge in [0.1, 0.15) is 30.7 Å². The fourth-order valence-electron chi connectivity index (χ4n) is 2.56. The third-order valence-electron chi connectivity index (χ3n) is 4.09. The molecule has 1 aliphatic heterocycles. The van der Waals surface area contributed by atoms with Crippen molar-refractivity contribution in [3.8, 4) is 5.75 Å². The summed E-state index contributed by atoms with van der Waals surface area (Å²) in [6, 6.07) is 7.44. The second-order valence-electron chi connectivity index (χ2n) is 7.54. The van der Waals surface area contributed by atoms with Crippen LogP contribution in [0.3, 0.4) is 0 Å². The Bertz CT molecular complexity index is 706. The van der Waals surface area contributed by atoms with Gasteiger partial charge in [-0.15, -0.1) is 0 Å². The normalized spacial score (nSPS) is 16.9. The Balaban J connectivity index is 1.72. The molecule has 1 N–H and O–H groups in total. The van der Waals surface area contributed by atoms with Crippen LogP contribution in [0.2, 0.25) is 0 Å². The molecule has 1 aromatic rings. The van der Waals surface area contributed by atoms with Crippen molar-refractivity contribution < 1.29 is 28.4 Å². The van der Waals surface area contributed by atoms with Crippen LogP contribution < -0.4 is 4.74 Å². The topological polar surface area (TPSA) is 72.8 Å². The van der Waals surface area contributed by atoms with Crippen LogP contribution >= 0.6 is 11.6 Å². The Morgan fingerprint density at radius 1 is 1.03 bits per heavy atom. The van der Waals surface area contributed by atoms with E-state index < -0.39 is 12.9 Å². The summed E-state index contributed by atoms with van der Waals surface area (Å²) in [5.41, 5.74) is 0.549. The number of aliphatic hydroxyl groups excluding tert-OH is 1. The van der Waals surface area contributed by atoms with Crippen LogP contribution in [0.25, 0.3) is 0 Å². The van der Waals surface area contributed by atoms with Crippen molar-refractivity contribution in [3.05, 3.63) is 40.6 Å². The zero-order valence-electron chi connectivity index (χ0n) is 17.6. The van der Waals surface area contributed by atoms with Crippen LogP contribution in [0.15, 0.2) is 40.2 Å². The number of benzene rings is 1. The van der Waals surface area contributed by atoms with E-state index in [1.807, 2.05) is 45.0 Å². The number of halogens is 2. The fraction of sp³-hybridized carbons (Fsp3) is 0.571. The Kier molecular flexibility index (Phi) is 9.84. The number of nitrogens with zero attached hydrogens (tertiary/aromatic N) is 2. The molecule has 0 aliphatic carbocycles. The van der Waals surface area contributed by atoms with Gasteiger partial charge in [0, 0.05) is 0 Å². The van der Waals surface area contributed by atoms with Crippen molar-refractivity contribution in [2.24, 2.45) is 5.10 Å². The second-order valence-corrected chi connectivity index (χ2v) is 7.95. The van der Waals surface area contributed by atoms with Crippen LogP contribution in [-0.2, 0) is 20.8 Å². The van der Waals surface area contributed by atoms with Gasteiger partial charge in [-0.3, -0.25) is 5.01 Å². The Morgan fingerprint density at radius 3 is 2.30 bits per heavy atom. The molecule has 168 valence electrons. The number of hydrazone groups is 1. The van der Waals surface area contributed by atoms with Gasteiger partial charge in [0.05, 0.1) is 38.2 Å². The lowest BCUT2D eigenvalue weighted by molar-refractivity contribution is -0.0264. The summed E-state index contributed by atoms with van der Waals surface area (Å²) >= 11 is 6.26. The molecule has 0 bridgehead atoms. The fourth-order valence-corrected chi connectivity index (χ4v) is 2.75. The Hall–Kier alpha value is -1.87. The van der Waals surface area contributed by atoms with Gasteiger partial charge in [-0.1, -0.05) is 23.7 Å². The molecule has 30 heavy (non-hydrogen) atoms. The highest BCUT2D eigenvalue weighted by Gasteiger charge is 2.32. The molecule has 9 heteroatoms. The minimum Gasteiger partial charge on any atom is -0.491 e. The minimum absolute atomic E-state index is 0.0994. The Morgan fingerprint density at radius 2 is 1.67 bits per heavy atom. The first-order valence-corrected chi connectivity index (χ1v) is 10.2. The van der Waals surface area contributed by atoms with E-state index in [2.05, 4.69) is 5.10 Å². The molecule has 0 saturated heterocycles. The van der Waals surface area contributed by atoms with Crippen molar-refractivity contribution >= 4 is 17.8 Å². The number of allylic oxidation sites excluding steroid dienone is 1. The van der Waals surface area contributed by atoms with E-state index in [0.29, 0.717) is 37.9 Å². The van der Waals surface area contributed by atoms with Gasteiger partial charge in [0.25, 0.3) is 0 Å². The molecule has 0 amide bonds. The predicted octanol–water partition coefficient (Wildman–Crippen LogP) is 3.45. The lowest BCUT2D eigenvalue weighted by atomic mass is 10.1. The number of ether oxygens (including phenoxy) is 4. The molecular weight excluding hydrogens is 414 g/mol. The first kappa shape index (κ1) is 24.4. The molecule has 0 spiro atoms. The third-order valence-corrected chi connectivity index (χ3v) is 4.47. The molecule has 0 radical (unpaired) electrons. The van der Waals surface area contributed by atoms with Crippen LogP contribution in [0, 0.1) is 0 Å². The summed E-state index contributed by atoms with van der Waals surface area (Å²) in [4.78, 5) is 0. The first-order chi connectivity index (χ1) is 14.3. The van der Waals surface area contributed by atoms with E-state index in [9.17, 15) is 9.50 Å². The Labute approximate surface area is 182 Å². The van der Waals surface area contributed by atoms with E-state index in [1.165, 1.54) is 11.2 Å². The zero-order chi connectivity index (χ0) is 22.0. The van der Waals surface area contributed by atoms with Gasteiger partial charge in [-0.25, -0.2) is 4.39 Å². The van der Waals surface area contributed by atoms with Crippen molar-refractivity contribution in [2.75, 3.05) is 39.7 Å². The van der Waals surface area contributed by atoms with E-state index >= 15 is 0 Å². The van der Waals surface area contributed by atoms with Gasteiger partial charge in [-0.2, -0.15) is 5.10 Å². The highest BCUT2D eigenvalue weighted by molar-refractivity contribution is 6.31. The maximum absolute atomic E-state index is 11.8. The number of hydrogen-bond donors (Lipinski definition) is 1. The highest BCUT2D eigenvalue weighted by atomic mass is 35.5. The number of rotatable bonds is 12. The van der Waals surface area contributed by atoms with Crippen LogP contribution in [-0.4, -0.2) is 67.8 Å². The summed E-state index contributed by atoms with van der Waals surface area (Å²) < 4.78 is 33.5. The van der Waals surface area contributed by atoms with Crippen molar-refractivity contribution in [3.63, 3.8) is 0 Å². The average Bonchev–Trinajstić information content (AvgIpc) is 2.71. The lowest BCUT2D eigenvalue weighted by Gasteiger charge is -2.38. The van der Waals surface area contributed by atoms with Crippen molar-refractivity contribution in [2.45, 2.75) is 39.1 Å². The van der Waals surface area contributed by atoms with Gasteiger partial charge in [0.2, 0.25) is 0 Å². The maximum atomic E-state index is 11.8. The average molecular weight is 444 g/mol. The highest BCUT2D eigenvalue weighted by Crippen LogP contribution is 2.28. The molecule has 0 aromatic heterocycles. The zero-order valence-corrected chi connectivity index (χ0v) is 18.4.